The fourth-order valence-electron chi connectivity index (χ4n) is 2.47. The van der Waals surface area contributed by atoms with Crippen LogP contribution >= 0.6 is 0 Å². The number of aromatic nitrogens is 5. The second-order valence-electron chi connectivity index (χ2n) is 5.90. The van der Waals surface area contributed by atoms with E-state index in [-0.39, 0.29) is 11.8 Å². The van der Waals surface area contributed by atoms with Crippen molar-refractivity contribution in [3.63, 3.8) is 0 Å². The van der Waals surface area contributed by atoms with Crippen LogP contribution in [0.1, 0.15) is 43.1 Å². The van der Waals surface area contributed by atoms with Crippen LogP contribution in [0.5, 0.6) is 0 Å². The van der Waals surface area contributed by atoms with Gasteiger partial charge in [-0.3, -0.25) is 9.78 Å². The Morgan fingerprint density at radius 3 is 2.76 bits per heavy atom. The first kappa shape index (κ1) is 16.8. The van der Waals surface area contributed by atoms with Crippen molar-refractivity contribution in [2.75, 3.05) is 11.4 Å². The molecule has 0 saturated heterocycles. The van der Waals surface area contributed by atoms with Crippen molar-refractivity contribution < 1.29 is 9.32 Å². The third-order valence-electron chi connectivity index (χ3n) is 3.86. The number of rotatable bonds is 5. The molecule has 0 saturated carbocycles. The molecule has 0 radical (unpaired) electrons. The minimum Gasteiger partial charge on any atom is -0.339 e. The molecule has 1 amide bonds. The number of hydrogen-bond acceptors (Lipinski definition) is 6. The van der Waals surface area contributed by atoms with Gasteiger partial charge >= 0.3 is 0 Å². The van der Waals surface area contributed by atoms with E-state index in [1.165, 1.54) is 6.20 Å². The molecule has 0 aliphatic carbocycles. The Morgan fingerprint density at radius 2 is 2.16 bits per heavy atom. The van der Waals surface area contributed by atoms with Gasteiger partial charge in [-0.05, 0) is 19.1 Å². The van der Waals surface area contributed by atoms with Gasteiger partial charge in [0.1, 0.15) is 5.69 Å². The van der Waals surface area contributed by atoms with Gasteiger partial charge in [-0.25, -0.2) is 4.98 Å². The zero-order valence-corrected chi connectivity index (χ0v) is 14.7. The van der Waals surface area contributed by atoms with Gasteiger partial charge in [-0.2, -0.15) is 4.98 Å². The first-order valence-corrected chi connectivity index (χ1v) is 8.10. The number of hydrogen-bond donors (Lipinski definition) is 0. The SMILES string of the molecule is CCN(C(=O)c1cnc(-c2noc(C(C)C)n2)n1C)c1cccnc1. The molecule has 25 heavy (non-hydrogen) atoms. The molecule has 0 bridgehead atoms. The van der Waals surface area contributed by atoms with Crippen LogP contribution in [-0.2, 0) is 7.05 Å². The predicted molar refractivity (Wildman–Crippen MR) is 92.2 cm³/mol. The Morgan fingerprint density at radius 1 is 1.36 bits per heavy atom. The summed E-state index contributed by atoms with van der Waals surface area (Å²) in [4.78, 5) is 27.3. The maximum absolute atomic E-state index is 12.9. The molecular weight excluding hydrogens is 320 g/mol. The van der Waals surface area contributed by atoms with Crippen LogP contribution in [0.2, 0.25) is 0 Å². The van der Waals surface area contributed by atoms with Crippen molar-refractivity contribution >= 4 is 11.6 Å². The highest BCUT2D eigenvalue weighted by atomic mass is 16.5. The lowest BCUT2D eigenvalue weighted by molar-refractivity contribution is 0.0980. The smallest absolute Gasteiger partial charge is 0.276 e. The molecule has 0 unspecified atom stereocenters. The molecule has 8 nitrogen and oxygen atoms in total. The third-order valence-corrected chi connectivity index (χ3v) is 3.86. The molecule has 8 heteroatoms. The highest BCUT2D eigenvalue weighted by molar-refractivity contribution is 6.05. The van der Waals surface area contributed by atoms with Crippen LogP contribution in [0.15, 0.2) is 35.2 Å². The summed E-state index contributed by atoms with van der Waals surface area (Å²) in [6.07, 6.45) is 4.86. The fraction of sp³-hybridized carbons (Fsp3) is 0.353. The van der Waals surface area contributed by atoms with E-state index in [0.717, 1.165) is 5.69 Å². The molecule has 0 spiro atoms. The second kappa shape index (κ2) is 6.84. The van der Waals surface area contributed by atoms with Crippen LogP contribution < -0.4 is 4.90 Å². The summed E-state index contributed by atoms with van der Waals surface area (Å²) < 4.78 is 6.90. The van der Waals surface area contributed by atoms with Crippen molar-refractivity contribution in [1.82, 2.24) is 24.7 Å². The molecule has 3 aromatic heterocycles. The Kier molecular flexibility index (Phi) is 4.60. The van der Waals surface area contributed by atoms with Crippen LogP contribution in [0.25, 0.3) is 11.6 Å². The molecule has 3 rings (SSSR count). The van der Waals surface area contributed by atoms with Crippen molar-refractivity contribution in [2.24, 2.45) is 7.05 Å². The Labute approximate surface area is 145 Å². The largest absolute Gasteiger partial charge is 0.339 e. The van der Waals surface area contributed by atoms with E-state index in [2.05, 4.69) is 20.1 Å². The summed E-state index contributed by atoms with van der Waals surface area (Å²) in [7, 11) is 1.76. The standard InChI is InChI=1S/C17H20N6O2/c1-5-23(12-7-6-8-18-9-12)17(24)13-10-19-15(22(13)4)14-20-16(11(2)3)25-21-14/h6-11H,5H2,1-4H3. The fourth-order valence-corrected chi connectivity index (χ4v) is 2.47. The lowest BCUT2D eigenvalue weighted by Crippen LogP contribution is -2.32. The van der Waals surface area contributed by atoms with E-state index in [0.29, 0.717) is 29.8 Å². The number of nitrogens with zero attached hydrogens (tertiary/aromatic N) is 6. The quantitative estimate of drug-likeness (QED) is 0.709. The number of carbonyl (C=O) groups is 1. The number of carbonyl (C=O) groups excluding carboxylic acids is 1. The number of pyridine rings is 1. The van der Waals surface area contributed by atoms with Gasteiger partial charge in [0, 0.05) is 25.7 Å². The van der Waals surface area contributed by atoms with Gasteiger partial charge in [-0.1, -0.05) is 19.0 Å². The van der Waals surface area contributed by atoms with Crippen molar-refractivity contribution in [3.05, 3.63) is 42.3 Å². The molecule has 3 heterocycles. The lowest BCUT2D eigenvalue weighted by atomic mass is 10.2. The molecule has 3 aromatic rings. The summed E-state index contributed by atoms with van der Waals surface area (Å²) in [5.41, 5.74) is 1.18. The van der Waals surface area contributed by atoms with E-state index in [4.69, 9.17) is 4.52 Å². The number of anilines is 1. The second-order valence-corrected chi connectivity index (χ2v) is 5.90. The monoisotopic (exact) mass is 340 g/mol. The maximum Gasteiger partial charge on any atom is 0.276 e. The van der Waals surface area contributed by atoms with Gasteiger partial charge in [-0.15, -0.1) is 0 Å². The maximum atomic E-state index is 12.9. The first-order valence-electron chi connectivity index (χ1n) is 8.10. The van der Waals surface area contributed by atoms with Crippen molar-refractivity contribution in [1.29, 1.82) is 0 Å². The van der Waals surface area contributed by atoms with E-state index < -0.39 is 0 Å². The highest BCUT2D eigenvalue weighted by Gasteiger charge is 2.23. The predicted octanol–water partition coefficient (Wildman–Crippen LogP) is 2.66. The van der Waals surface area contributed by atoms with Gasteiger partial charge in [0.15, 0.2) is 5.82 Å². The molecule has 0 aliphatic heterocycles. The van der Waals surface area contributed by atoms with Crippen LogP contribution in [-0.4, -0.2) is 37.1 Å². The van der Waals surface area contributed by atoms with Gasteiger partial charge in [0.05, 0.1) is 18.1 Å². The Hall–Kier alpha value is -3.03. The van der Waals surface area contributed by atoms with E-state index in [9.17, 15) is 4.79 Å². The van der Waals surface area contributed by atoms with E-state index >= 15 is 0 Å². The summed E-state index contributed by atoms with van der Waals surface area (Å²) in [6.45, 7) is 6.37. The lowest BCUT2D eigenvalue weighted by Gasteiger charge is -2.20. The third kappa shape index (κ3) is 3.15. The normalized spacial score (nSPS) is 11.1. The highest BCUT2D eigenvalue weighted by Crippen LogP contribution is 2.21. The summed E-state index contributed by atoms with van der Waals surface area (Å²) in [5, 5.41) is 3.96. The van der Waals surface area contributed by atoms with Gasteiger partial charge < -0.3 is 14.0 Å². The minimum atomic E-state index is -0.163. The molecule has 0 atom stereocenters. The molecule has 0 aromatic carbocycles. The topological polar surface area (TPSA) is 89.9 Å². The molecule has 130 valence electrons. The van der Waals surface area contributed by atoms with Crippen LogP contribution in [0.4, 0.5) is 5.69 Å². The molecule has 0 aliphatic rings. The molecular formula is C17H20N6O2. The summed E-state index contributed by atoms with van der Waals surface area (Å²) in [5.74, 6) is 1.36. The molecule has 0 fully saturated rings. The van der Waals surface area contributed by atoms with E-state index in [1.807, 2.05) is 26.8 Å². The zero-order valence-electron chi connectivity index (χ0n) is 14.7. The first-order chi connectivity index (χ1) is 12.0. The number of amides is 1. The Balaban J connectivity index is 1.93. The average molecular weight is 340 g/mol. The van der Waals surface area contributed by atoms with Gasteiger partial charge in [0.2, 0.25) is 11.7 Å². The van der Waals surface area contributed by atoms with Crippen LogP contribution in [0, 0.1) is 0 Å². The van der Waals surface area contributed by atoms with E-state index in [1.54, 1.807) is 35.0 Å². The zero-order chi connectivity index (χ0) is 18.0. The van der Waals surface area contributed by atoms with Crippen molar-refractivity contribution in [3.8, 4) is 11.6 Å². The minimum absolute atomic E-state index is 0.129. The Bertz CT molecular complexity index is 868. The number of imidazole rings is 1. The van der Waals surface area contributed by atoms with Crippen molar-refractivity contribution in [2.45, 2.75) is 26.7 Å². The summed E-state index contributed by atoms with van der Waals surface area (Å²) in [6, 6.07) is 3.65. The average Bonchev–Trinajstić information content (AvgIpc) is 3.23. The van der Waals surface area contributed by atoms with Gasteiger partial charge in [0.25, 0.3) is 5.91 Å². The summed E-state index contributed by atoms with van der Waals surface area (Å²) >= 11 is 0. The van der Waals surface area contributed by atoms with Crippen LogP contribution in [0.3, 0.4) is 0 Å². The molecule has 0 N–H and O–H groups in total.